The van der Waals surface area contributed by atoms with Gasteiger partial charge in [-0.1, -0.05) is 20.8 Å². The first kappa shape index (κ1) is 23.9. The predicted molar refractivity (Wildman–Crippen MR) is 114 cm³/mol. The monoisotopic (exact) mass is 518 g/mol. The highest BCUT2D eigenvalue weighted by Gasteiger charge is 2.37. The molecule has 152 valence electrons. The number of hydrogen-bond acceptors (Lipinski definition) is 6. The van der Waals surface area contributed by atoms with Crippen molar-refractivity contribution in [2.45, 2.75) is 65.4 Å². The second-order valence-electron chi connectivity index (χ2n) is 7.83. The van der Waals surface area contributed by atoms with Crippen molar-refractivity contribution in [2.75, 3.05) is 19.5 Å². The van der Waals surface area contributed by atoms with Crippen LogP contribution in [0.25, 0.3) is 0 Å². The Balaban J connectivity index is 3.06. The maximum absolute atomic E-state index is 11.4. The minimum Gasteiger partial charge on any atom is -0.476 e. The van der Waals surface area contributed by atoms with Gasteiger partial charge >= 0.3 is 0 Å². The summed E-state index contributed by atoms with van der Waals surface area (Å²) in [6.45, 7) is 15.7. The number of rotatable bonds is 9. The van der Waals surface area contributed by atoms with Crippen molar-refractivity contribution in [1.29, 1.82) is 0 Å². The predicted octanol–water partition coefficient (Wildman–Crippen LogP) is 3.95. The number of hydrogen-bond donors (Lipinski definition) is 0. The van der Waals surface area contributed by atoms with Gasteiger partial charge in [-0.25, -0.2) is 0 Å². The highest BCUT2D eigenvalue weighted by Crippen LogP contribution is 2.37. The highest BCUT2D eigenvalue weighted by molar-refractivity contribution is 14.1. The Labute approximate surface area is 172 Å². The van der Waals surface area contributed by atoms with Gasteiger partial charge in [-0.05, 0) is 54.6 Å². The average molecular weight is 518 g/mol. The maximum Gasteiger partial charge on any atom is 0.264 e. The van der Waals surface area contributed by atoms with Crippen molar-refractivity contribution in [3.63, 3.8) is 0 Å². The molecule has 1 rings (SSSR count). The second-order valence-corrected chi connectivity index (χ2v) is 15.4. The molecule has 26 heavy (non-hydrogen) atoms. The van der Waals surface area contributed by atoms with Gasteiger partial charge < -0.3 is 9.16 Å². The molecule has 0 radical (unpaired) electrons. The van der Waals surface area contributed by atoms with Crippen molar-refractivity contribution in [2.24, 2.45) is 0 Å². The highest BCUT2D eigenvalue weighted by atomic mass is 127. The third-order valence-corrected chi connectivity index (χ3v) is 10.6. The molecule has 1 atom stereocenters. The number of nitrogens with zero attached hydrogens (tertiary/aromatic N) is 2. The van der Waals surface area contributed by atoms with E-state index in [1.807, 2.05) is 13.8 Å². The molecule has 0 fully saturated rings. The van der Waals surface area contributed by atoms with Crippen LogP contribution in [0.5, 0.6) is 5.88 Å². The molecule has 0 bridgehead atoms. The first-order chi connectivity index (χ1) is 11.7. The van der Waals surface area contributed by atoms with Crippen LogP contribution in [0.1, 0.15) is 46.4 Å². The zero-order chi connectivity index (χ0) is 20.3. The zero-order valence-corrected chi connectivity index (χ0v) is 20.9. The van der Waals surface area contributed by atoms with Crippen LogP contribution in [0, 0.1) is 3.57 Å². The van der Waals surface area contributed by atoms with E-state index in [2.05, 4.69) is 61.6 Å². The van der Waals surface area contributed by atoms with Gasteiger partial charge in [0.25, 0.3) is 10.1 Å². The van der Waals surface area contributed by atoms with Crippen molar-refractivity contribution in [1.82, 2.24) is 9.78 Å². The minimum absolute atomic E-state index is 0.0787. The summed E-state index contributed by atoms with van der Waals surface area (Å²) < 4.78 is 42.2. The number of halogens is 1. The molecule has 0 N–H and O–H groups in total. The molecular formula is C16H31IN2O5SSi. The fourth-order valence-electron chi connectivity index (χ4n) is 1.93. The smallest absolute Gasteiger partial charge is 0.264 e. The van der Waals surface area contributed by atoms with E-state index in [4.69, 9.17) is 13.3 Å². The standard InChI is InChI=1S/C16H31IN2O5SSi/c1-9-22-15-14(17)13(11-23-25(6,20)21)19(18-15)12(2)10-24-26(7,8)16(3,4)5/h12H,9-11H2,1-8H3/t12-/m0/s1. The van der Waals surface area contributed by atoms with Crippen LogP contribution in [0.4, 0.5) is 0 Å². The fraction of sp³-hybridized carbons (Fsp3) is 0.812. The first-order valence-corrected chi connectivity index (χ1v) is 14.4. The van der Waals surface area contributed by atoms with Crippen LogP contribution in [0.3, 0.4) is 0 Å². The van der Waals surface area contributed by atoms with E-state index in [0.29, 0.717) is 24.8 Å². The van der Waals surface area contributed by atoms with Gasteiger partial charge in [-0.3, -0.25) is 8.86 Å². The van der Waals surface area contributed by atoms with Gasteiger partial charge in [0, 0.05) is 0 Å². The van der Waals surface area contributed by atoms with E-state index in [0.717, 1.165) is 9.83 Å². The normalized spacial score (nSPS) is 14.5. The lowest BCUT2D eigenvalue weighted by atomic mass is 10.2. The van der Waals surface area contributed by atoms with Crippen LogP contribution in [0.15, 0.2) is 0 Å². The Morgan fingerprint density at radius 2 is 1.88 bits per heavy atom. The van der Waals surface area contributed by atoms with E-state index < -0.39 is 18.4 Å². The van der Waals surface area contributed by atoms with E-state index >= 15 is 0 Å². The molecular weight excluding hydrogens is 487 g/mol. The molecule has 0 spiro atoms. The third-order valence-electron chi connectivity index (χ3n) is 4.52. The summed E-state index contributed by atoms with van der Waals surface area (Å²) in [5.41, 5.74) is 0.672. The van der Waals surface area contributed by atoms with Gasteiger partial charge in [0.15, 0.2) is 8.32 Å². The topological polar surface area (TPSA) is 79.7 Å². The molecule has 0 unspecified atom stereocenters. The summed E-state index contributed by atoms with van der Waals surface area (Å²) in [5.74, 6) is 0.486. The van der Waals surface area contributed by atoms with Gasteiger partial charge in [-0.2, -0.15) is 8.42 Å². The van der Waals surface area contributed by atoms with Crippen molar-refractivity contribution >= 4 is 41.0 Å². The zero-order valence-electron chi connectivity index (χ0n) is 16.9. The van der Waals surface area contributed by atoms with Gasteiger partial charge in [0.2, 0.25) is 5.88 Å². The van der Waals surface area contributed by atoms with Crippen molar-refractivity contribution in [3.8, 4) is 5.88 Å². The molecule has 1 heterocycles. The molecule has 0 aromatic carbocycles. The summed E-state index contributed by atoms with van der Waals surface area (Å²) in [6, 6.07) is -0.0787. The first-order valence-electron chi connectivity index (χ1n) is 8.57. The third kappa shape index (κ3) is 6.46. The number of ether oxygens (including phenoxy) is 1. The SMILES string of the molecule is CCOc1nn([C@@H](C)CO[Si](C)(C)C(C)(C)C)c(COS(C)(=O)=O)c1I. The average Bonchev–Trinajstić information content (AvgIpc) is 2.78. The van der Waals surface area contributed by atoms with E-state index in [-0.39, 0.29) is 17.7 Å². The Kier molecular flexibility index (Phi) is 8.16. The lowest BCUT2D eigenvalue weighted by Crippen LogP contribution is -2.42. The maximum atomic E-state index is 11.4. The van der Waals surface area contributed by atoms with E-state index in [9.17, 15) is 8.42 Å². The summed E-state index contributed by atoms with van der Waals surface area (Å²) in [5, 5.41) is 4.63. The molecule has 0 aliphatic rings. The lowest BCUT2D eigenvalue weighted by molar-refractivity contribution is 0.217. The minimum atomic E-state index is -3.55. The second kappa shape index (κ2) is 8.89. The van der Waals surface area contributed by atoms with Crippen LogP contribution in [-0.2, 0) is 25.3 Å². The molecule has 0 aliphatic heterocycles. The molecule has 1 aromatic heterocycles. The Morgan fingerprint density at radius 3 is 2.35 bits per heavy atom. The molecule has 1 aromatic rings. The van der Waals surface area contributed by atoms with Crippen LogP contribution in [-0.4, -0.2) is 46.0 Å². The van der Waals surface area contributed by atoms with Crippen LogP contribution >= 0.6 is 22.6 Å². The molecule has 7 nitrogen and oxygen atoms in total. The van der Waals surface area contributed by atoms with Crippen molar-refractivity contribution < 1.29 is 21.8 Å². The summed E-state index contributed by atoms with van der Waals surface area (Å²) in [4.78, 5) is 0. The van der Waals surface area contributed by atoms with E-state index in [1.54, 1.807) is 4.68 Å². The Morgan fingerprint density at radius 1 is 1.31 bits per heavy atom. The molecule has 0 amide bonds. The Hall–Kier alpha value is -0.173. The quantitative estimate of drug-likeness (QED) is 0.280. The van der Waals surface area contributed by atoms with Gasteiger partial charge in [-0.15, -0.1) is 5.10 Å². The molecule has 0 saturated carbocycles. The summed E-state index contributed by atoms with van der Waals surface area (Å²) in [7, 11) is -5.44. The van der Waals surface area contributed by atoms with Gasteiger partial charge in [0.05, 0.1) is 31.2 Å². The summed E-state index contributed by atoms with van der Waals surface area (Å²) >= 11 is 2.11. The lowest BCUT2D eigenvalue weighted by Gasteiger charge is -2.37. The van der Waals surface area contributed by atoms with Crippen LogP contribution in [0.2, 0.25) is 18.1 Å². The molecule has 10 heteroatoms. The number of aromatic nitrogens is 2. The van der Waals surface area contributed by atoms with E-state index in [1.165, 1.54) is 0 Å². The Bertz CT molecular complexity index is 713. The van der Waals surface area contributed by atoms with Crippen molar-refractivity contribution in [3.05, 3.63) is 9.26 Å². The van der Waals surface area contributed by atoms with Gasteiger partial charge in [0.1, 0.15) is 10.2 Å². The largest absolute Gasteiger partial charge is 0.476 e. The molecule has 0 saturated heterocycles. The summed E-state index contributed by atoms with van der Waals surface area (Å²) in [6.07, 6.45) is 1.04. The molecule has 0 aliphatic carbocycles. The fourth-order valence-corrected chi connectivity index (χ4v) is 4.01. The van der Waals surface area contributed by atoms with Crippen LogP contribution < -0.4 is 4.74 Å².